The van der Waals surface area contributed by atoms with Gasteiger partial charge in [0.15, 0.2) is 17.5 Å². The first-order valence-electron chi connectivity index (χ1n) is 20.4. The zero-order valence-corrected chi connectivity index (χ0v) is 33.8. The Bertz CT molecular complexity index is 3500. The topological polar surface area (TPSA) is 51.6 Å². The van der Waals surface area contributed by atoms with Gasteiger partial charge in [-0.3, -0.25) is 0 Å². The van der Waals surface area contributed by atoms with E-state index in [1.165, 1.54) is 53.2 Å². The molecule has 0 saturated carbocycles. The highest BCUT2D eigenvalue weighted by Crippen LogP contribution is 2.49. The second kappa shape index (κ2) is 13.3. The van der Waals surface area contributed by atoms with E-state index in [1.807, 2.05) is 29.5 Å². The lowest BCUT2D eigenvalue weighted by Crippen LogP contribution is -2.14. The van der Waals surface area contributed by atoms with Crippen molar-refractivity contribution in [2.24, 2.45) is 0 Å². The normalized spacial score (nSPS) is 13.0. The molecule has 0 N–H and O–H groups in total. The molecular formula is C55H36N4S. The maximum Gasteiger partial charge on any atom is 0.164 e. The van der Waals surface area contributed by atoms with Crippen molar-refractivity contribution in [1.29, 1.82) is 0 Å². The number of nitrogens with zero attached hydrogens (tertiary/aromatic N) is 4. The van der Waals surface area contributed by atoms with Gasteiger partial charge in [-0.15, -0.1) is 11.3 Å². The fourth-order valence-corrected chi connectivity index (χ4v) is 10.4. The number of hydrogen-bond donors (Lipinski definition) is 0. The smallest absolute Gasteiger partial charge is 0.164 e. The Hall–Kier alpha value is -7.34. The summed E-state index contributed by atoms with van der Waals surface area (Å²) in [6.07, 6.45) is 0. The molecule has 0 saturated heterocycles. The standard InChI is InChI=1S/C55H36N4S/c1-55(2)44-19-11-9-17-39(44)43-31-38(26-29-45(43)55)54-58-52(35-15-7-4-8-16-35)57-53(59-54)36-23-21-33(22-24-36)37-25-27-40-46(32-37)56-51(34-13-5-3-6-14-34)42-28-30-48-50(49(40)42)41-18-10-12-20-47(41)60-48/h3-32H,1-2H3. The first-order valence-corrected chi connectivity index (χ1v) is 21.2. The van der Waals surface area contributed by atoms with E-state index in [4.69, 9.17) is 19.9 Å². The van der Waals surface area contributed by atoms with Gasteiger partial charge in [-0.1, -0.05) is 172 Å². The molecule has 5 heteroatoms. The molecule has 1 aliphatic carbocycles. The van der Waals surface area contributed by atoms with Gasteiger partial charge in [-0.05, 0) is 57.6 Å². The van der Waals surface area contributed by atoms with Crippen LogP contribution in [0, 0.1) is 0 Å². The van der Waals surface area contributed by atoms with Crippen LogP contribution in [0.3, 0.4) is 0 Å². The monoisotopic (exact) mass is 784 g/mol. The molecule has 3 heterocycles. The van der Waals surface area contributed by atoms with Gasteiger partial charge in [0, 0.05) is 64.0 Å². The SMILES string of the molecule is CC1(C)c2ccccc2-c2cc(-c3nc(-c4ccccc4)nc(-c4ccc(-c5ccc6c(c5)nc(-c5ccccc5)c5ccc7sc8ccccc8c7c56)cc4)n3)ccc21. The minimum Gasteiger partial charge on any atom is -0.247 e. The van der Waals surface area contributed by atoms with Gasteiger partial charge in [-0.2, -0.15) is 0 Å². The molecule has 3 aromatic heterocycles. The van der Waals surface area contributed by atoms with Crippen LogP contribution in [0.1, 0.15) is 25.0 Å². The number of thiophene rings is 1. The fourth-order valence-electron chi connectivity index (χ4n) is 9.33. The van der Waals surface area contributed by atoms with Crippen LogP contribution in [0.5, 0.6) is 0 Å². The van der Waals surface area contributed by atoms with Gasteiger partial charge in [0.2, 0.25) is 0 Å². The van der Waals surface area contributed by atoms with Crippen LogP contribution in [0.25, 0.3) is 110 Å². The molecule has 0 fully saturated rings. The largest absolute Gasteiger partial charge is 0.247 e. The molecule has 1 aliphatic rings. The first-order chi connectivity index (χ1) is 29.5. The average molecular weight is 785 g/mol. The Labute approximate surface area is 351 Å². The van der Waals surface area contributed by atoms with E-state index in [0.717, 1.165) is 50.0 Å². The number of fused-ring (bicyclic) bond motifs is 10. The lowest BCUT2D eigenvalue weighted by molar-refractivity contribution is 0.660. The van der Waals surface area contributed by atoms with E-state index < -0.39 is 0 Å². The highest BCUT2D eigenvalue weighted by Gasteiger charge is 2.35. The highest BCUT2D eigenvalue weighted by atomic mass is 32.1. The molecule has 0 spiro atoms. The fraction of sp³-hybridized carbons (Fsp3) is 0.0545. The molecule has 4 nitrogen and oxygen atoms in total. The Morgan fingerprint density at radius 3 is 1.73 bits per heavy atom. The van der Waals surface area contributed by atoms with Gasteiger partial charge in [0.25, 0.3) is 0 Å². The maximum absolute atomic E-state index is 5.39. The van der Waals surface area contributed by atoms with Crippen LogP contribution >= 0.6 is 11.3 Å². The Morgan fingerprint density at radius 2 is 0.950 bits per heavy atom. The van der Waals surface area contributed by atoms with Crippen molar-refractivity contribution >= 4 is 53.2 Å². The summed E-state index contributed by atoms with van der Waals surface area (Å²) in [5.74, 6) is 1.94. The number of benzene rings is 8. The van der Waals surface area contributed by atoms with Gasteiger partial charge >= 0.3 is 0 Å². The number of rotatable bonds is 5. The zero-order chi connectivity index (χ0) is 40.0. The van der Waals surface area contributed by atoms with E-state index in [-0.39, 0.29) is 5.41 Å². The molecule has 0 radical (unpaired) electrons. The van der Waals surface area contributed by atoms with Gasteiger partial charge in [0.05, 0.1) is 11.2 Å². The Balaban J connectivity index is 0.977. The van der Waals surface area contributed by atoms with Crippen molar-refractivity contribution in [3.05, 3.63) is 193 Å². The summed E-state index contributed by atoms with van der Waals surface area (Å²) in [5.41, 5.74) is 13.2. The predicted octanol–water partition coefficient (Wildman–Crippen LogP) is 14.6. The summed E-state index contributed by atoms with van der Waals surface area (Å²) in [6, 6.07) is 64.7. The van der Waals surface area contributed by atoms with E-state index in [0.29, 0.717) is 17.5 Å². The molecule has 0 bridgehead atoms. The first kappa shape index (κ1) is 34.7. The molecule has 60 heavy (non-hydrogen) atoms. The summed E-state index contributed by atoms with van der Waals surface area (Å²) in [7, 11) is 0. The van der Waals surface area contributed by atoms with Crippen LogP contribution < -0.4 is 0 Å². The van der Waals surface area contributed by atoms with Crippen LogP contribution in [0.15, 0.2) is 182 Å². The molecule has 11 aromatic rings. The molecule has 282 valence electrons. The Morgan fingerprint density at radius 1 is 0.367 bits per heavy atom. The summed E-state index contributed by atoms with van der Waals surface area (Å²) in [6.45, 7) is 4.61. The van der Waals surface area contributed by atoms with Crippen molar-refractivity contribution in [3.63, 3.8) is 0 Å². The Kier molecular flexibility index (Phi) is 7.72. The summed E-state index contributed by atoms with van der Waals surface area (Å²) >= 11 is 1.85. The lowest BCUT2D eigenvalue weighted by atomic mass is 9.82. The summed E-state index contributed by atoms with van der Waals surface area (Å²) < 4.78 is 2.59. The average Bonchev–Trinajstić information content (AvgIpc) is 3.80. The second-order valence-corrected chi connectivity index (χ2v) is 17.3. The third kappa shape index (κ3) is 5.43. The van der Waals surface area contributed by atoms with Gasteiger partial charge < -0.3 is 0 Å². The van der Waals surface area contributed by atoms with Crippen molar-refractivity contribution < 1.29 is 0 Å². The van der Waals surface area contributed by atoms with Crippen molar-refractivity contribution in [2.75, 3.05) is 0 Å². The van der Waals surface area contributed by atoms with Crippen molar-refractivity contribution in [1.82, 2.24) is 19.9 Å². The lowest BCUT2D eigenvalue weighted by Gasteiger charge is -2.21. The van der Waals surface area contributed by atoms with Crippen LogP contribution in [0.2, 0.25) is 0 Å². The third-order valence-corrected chi connectivity index (χ3v) is 13.5. The van der Waals surface area contributed by atoms with Crippen LogP contribution in [0.4, 0.5) is 0 Å². The van der Waals surface area contributed by atoms with E-state index >= 15 is 0 Å². The minimum absolute atomic E-state index is 0.0733. The molecule has 0 atom stereocenters. The highest BCUT2D eigenvalue weighted by molar-refractivity contribution is 7.26. The van der Waals surface area contributed by atoms with Crippen LogP contribution in [-0.2, 0) is 5.41 Å². The second-order valence-electron chi connectivity index (χ2n) is 16.2. The predicted molar refractivity (Wildman–Crippen MR) is 250 cm³/mol. The number of pyridine rings is 1. The third-order valence-electron chi connectivity index (χ3n) is 12.3. The molecule has 8 aromatic carbocycles. The van der Waals surface area contributed by atoms with Crippen molar-refractivity contribution in [2.45, 2.75) is 19.3 Å². The summed E-state index contributed by atoms with van der Waals surface area (Å²) in [4.78, 5) is 20.6. The molecular weight excluding hydrogens is 749 g/mol. The molecule has 0 amide bonds. The zero-order valence-electron chi connectivity index (χ0n) is 33.0. The minimum atomic E-state index is -0.0733. The number of hydrogen-bond acceptors (Lipinski definition) is 5. The molecule has 0 unspecified atom stereocenters. The summed E-state index contributed by atoms with van der Waals surface area (Å²) in [5, 5.41) is 6.17. The van der Waals surface area contributed by atoms with Gasteiger partial charge in [0.1, 0.15) is 0 Å². The van der Waals surface area contributed by atoms with E-state index in [9.17, 15) is 0 Å². The quantitative estimate of drug-likeness (QED) is 0.163. The van der Waals surface area contributed by atoms with Gasteiger partial charge in [-0.25, -0.2) is 19.9 Å². The van der Waals surface area contributed by atoms with E-state index in [1.54, 1.807) is 0 Å². The van der Waals surface area contributed by atoms with E-state index in [2.05, 4.69) is 178 Å². The number of aromatic nitrogens is 4. The molecule has 12 rings (SSSR count). The van der Waals surface area contributed by atoms with Crippen molar-refractivity contribution in [3.8, 4) is 67.7 Å². The maximum atomic E-state index is 5.39. The van der Waals surface area contributed by atoms with Crippen LogP contribution in [-0.4, -0.2) is 19.9 Å². The molecule has 0 aliphatic heterocycles.